The highest BCUT2D eigenvalue weighted by molar-refractivity contribution is 5.97. The zero-order chi connectivity index (χ0) is 26.1. The van der Waals surface area contributed by atoms with E-state index in [2.05, 4.69) is 24.7 Å². The monoisotopic (exact) mass is 505 g/mol. The third-order valence-corrected chi connectivity index (χ3v) is 6.63. The summed E-state index contributed by atoms with van der Waals surface area (Å²) in [6.45, 7) is 3.47. The molecule has 0 spiro atoms. The highest BCUT2D eigenvalue weighted by atomic mass is 19.1. The Morgan fingerprint density at radius 2 is 2.00 bits per heavy atom. The molecule has 0 saturated carbocycles. The summed E-state index contributed by atoms with van der Waals surface area (Å²) < 4.78 is 27.8. The fourth-order valence-electron chi connectivity index (χ4n) is 4.73. The van der Waals surface area contributed by atoms with Gasteiger partial charge in [-0.1, -0.05) is 0 Å². The number of aromatic nitrogens is 3. The molecule has 9 nitrogen and oxygen atoms in total. The van der Waals surface area contributed by atoms with Crippen molar-refractivity contribution >= 4 is 33.9 Å². The van der Waals surface area contributed by atoms with Crippen molar-refractivity contribution in [3.63, 3.8) is 0 Å². The maximum absolute atomic E-state index is 14.2. The molecule has 2 aromatic carbocycles. The summed E-state index contributed by atoms with van der Waals surface area (Å²) in [5.41, 5.74) is 12.0. The summed E-state index contributed by atoms with van der Waals surface area (Å²) in [6.07, 6.45) is 1.68. The van der Waals surface area contributed by atoms with E-state index < -0.39 is 0 Å². The number of hydrogen-bond acceptors (Lipinski definition) is 8. The van der Waals surface area contributed by atoms with Gasteiger partial charge in [-0.05, 0) is 44.4 Å². The minimum absolute atomic E-state index is 0.291. The topological polar surface area (TPSA) is 93.7 Å². The SMILES string of the molecule is COc1cc(N(C)CCN(C)C)c(N)cc1Nc1nccc(-c2c3n(c4ccc(F)cc24)CCOC3)n1. The van der Waals surface area contributed by atoms with Gasteiger partial charge in [0.2, 0.25) is 5.95 Å². The Morgan fingerprint density at radius 3 is 2.78 bits per heavy atom. The molecule has 0 unspecified atom stereocenters. The van der Waals surface area contributed by atoms with Crippen molar-refractivity contribution in [3.8, 4) is 17.0 Å². The van der Waals surface area contributed by atoms with E-state index in [0.717, 1.165) is 40.9 Å². The van der Waals surface area contributed by atoms with Gasteiger partial charge in [-0.3, -0.25) is 0 Å². The van der Waals surface area contributed by atoms with Gasteiger partial charge in [0.25, 0.3) is 0 Å². The Labute approximate surface area is 215 Å². The van der Waals surface area contributed by atoms with Gasteiger partial charge in [-0.2, -0.15) is 0 Å². The third kappa shape index (κ3) is 4.90. The van der Waals surface area contributed by atoms with Crippen molar-refractivity contribution in [2.45, 2.75) is 13.2 Å². The lowest BCUT2D eigenvalue weighted by molar-refractivity contribution is 0.0869. The van der Waals surface area contributed by atoms with Crippen LogP contribution in [0.25, 0.3) is 22.2 Å². The number of anilines is 4. The number of halogens is 1. The summed E-state index contributed by atoms with van der Waals surface area (Å²) in [5.74, 6) is 0.711. The molecule has 0 fully saturated rings. The molecule has 194 valence electrons. The number of ether oxygens (including phenoxy) is 2. The molecular weight excluding hydrogens is 473 g/mol. The normalized spacial score (nSPS) is 13.1. The van der Waals surface area contributed by atoms with Crippen LogP contribution in [-0.2, 0) is 17.9 Å². The standard InChI is InChI=1S/C27H32FN7O2/c1-33(2)9-10-34(3)23-15-25(36-4)21(14-19(23)29)32-27-30-8-7-20(31-27)26-18-13-17(28)5-6-22(18)35-11-12-37-16-24(26)35/h5-8,13-15H,9-12,16,29H2,1-4H3,(H,30,31,32). The molecule has 3 heterocycles. The summed E-state index contributed by atoms with van der Waals surface area (Å²) in [5, 5.41) is 4.06. The zero-order valence-corrected chi connectivity index (χ0v) is 21.6. The van der Waals surface area contributed by atoms with Gasteiger partial charge in [-0.15, -0.1) is 0 Å². The summed E-state index contributed by atoms with van der Waals surface area (Å²) >= 11 is 0. The first-order valence-corrected chi connectivity index (χ1v) is 12.2. The fraction of sp³-hybridized carbons (Fsp3) is 0.333. The molecule has 10 heteroatoms. The number of rotatable bonds is 8. The van der Waals surface area contributed by atoms with Gasteiger partial charge in [0.15, 0.2) is 0 Å². The van der Waals surface area contributed by atoms with Crippen LogP contribution in [0.2, 0.25) is 0 Å². The third-order valence-electron chi connectivity index (χ3n) is 6.63. The average molecular weight is 506 g/mol. The van der Waals surface area contributed by atoms with E-state index in [-0.39, 0.29) is 5.82 Å². The largest absolute Gasteiger partial charge is 0.494 e. The zero-order valence-electron chi connectivity index (χ0n) is 21.6. The minimum atomic E-state index is -0.291. The second-order valence-corrected chi connectivity index (χ2v) is 9.41. The Bertz CT molecular complexity index is 1440. The Balaban J connectivity index is 1.50. The van der Waals surface area contributed by atoms with E-state index in [1.54, 1.807) is 19.4 Å². The molecule has 0 atom stereocenters. The Kier molecular flexibility index (Phi) is 6.86. The van der Waals surface area contributed by atoms with Gasteiger partial charge in [0.1, 0.15) is 11.6 Å². The van der Waals surface area contributed by atoms with Crippen molar-refractivity contribution in [1.29, 1.82) is 0 Å². The number of nitrogen functional groups attached to an aromatic ring is 1. The van der Waals surface area contributed by atoms with Crippen molar-refractivity contribution in [1.82, 2.24) is 19.4 Å². The lowest BCUT2D eigenvalue weighted by atomic mass is 10.1. The number of nitrogens with zero attached hydrogens (tertiary/aromatic N) is 5. The first kappa shape index (κ1) is 24.8. The van der Waals surface area contributed by atoms with Crippen LogP contribution in [0.15, 0.2) is 42.6 Å². The minimum Gasteiger partial charge on any atom is -0.494 e. The van der Waals surface area contributed by atoms with Crippen LogP contribution < -0.4 is 20.7 Å². The van der Waals surface area contributed by atoms with E-state index in [9.17, 15) is 4.39 Å². The van der Waals surface area contributed by atoms with E-state index in [0.29, 0.717) is 48.5 Å². The molecule has 37 heavy (non-hydrogen) atoms. The van der Waals surface area contributed by atoms with Crippen molar-refractivity contribution in [3.05, 3.63) is 54.1 Å². The maximum atomic E-state index is 14.2. The highest BCUT2D eigenvalue weighted by Crippen LogP contribution is 2.38. The molecule has 4 aromatic rings. The van der Waals surface area contributed by atoms with E-state index in [1.807, 2.05) is 45.4 Å². The second kappa shape index (κ2) is 10.2. The molecule has 1 aliphatic heterocycles. The summed E-state index contributed by atoms with van der Waals surface area (Å²) in [6, 6.07) is 10.4. The molecule has 0 saturated heterocycles. The van der Waals surface area contributed by atoms with E-state index >= 15 is 0 Å². The van der Waals surface area contributed by atoms with Crippen LogP contribution in [0.3, 0.4) is 0 Å². The maximum Gasteiger partial charge on any atom is 0.227 e. The molecule has 2 aromatic heterocycles. The smallest absolute Gasteiger partial charge is 0.227 e. The van der Waals surface area contributed by atoms with Crippen LogP contribution >= 0.6 is 0 Å². The predicted octanol–water partition coefficient (Wildman–Crippen LogP) is 4.10. The van der Waals surface area contributed by atoms with Gasteiger partial charge in [-0.25, -0.2) is 14.4 Å². The molecular formula is C27H32FN7O2. The van der Waals surface area contributed by atoms with Gasteiger partial charge in [0.05, 0.1) is 48.8 Å². The molecule has 1 aliphatic rings. The predicted molar refractivity (Wildman–Crippen MR) is 145 cm³/mol. The number of nitrogens with one attached hydrogen (secondary N) is 1. The Morgan fingerprint density at radius 1 is 1.16 bits per heavy atom. The quantitative estimate of drug-likeness (QED) is 0.346. The molecule has 0 aliphatic carbocycles. The van der Waals surface area contributed by atoms with Gasteiger partial charge >= 0.3 is 0 Å². The molecule has 0 bridgehead atoms. The van der Waals surface area contributed by atoms with Crippen LogP contribution in [0, 0.1) is 5.82 Å². The lowest BCUT2D eigenvalue weighted by Gasteiger charge is -2.24. The number of likely N-dealkylation sites (N-methyl/N-ethyl adjacent to an activating group) is 2. The molecule has 0 amide bonds. The number of methoxy groups -OCH3 is 1. The van der Waals surface area contributed by atoms with E-state index in [4.69, 9.17) is 20.2 Å². The van der Waals surface area contributed by atoms with Crippen molar-refractivity contribution in [2.24, 2.45) is 0 Å². The fourth-order valence-corrected chi connectivity index (χ4v) is 4.73. The summed E-state index contributed by atoms with van der Waals surface area (Å²) in [4.78, 5) is 13.4. The lowest BCUT2D eigenvalue weighted by Crippen LogP contribution is -2.29. The number of fused-ring (bicyclic) bond motifs is 3. The van der Waals surface area contributed by atoms with Crippen molar-refractivity contribution < 1.29 is 13.9 Å². The number of nitrogens with two attached hydrogens (primary N) is 1. The second-order valence-electron chi connectivity index (χ2n) is 9.41. The Hall–Kier alpha value is -3.89. The first-order valence-electron chi connectivity index (χ1n) is 12.2. The average Bonchev–Trinajstić information content (AvgIpc) is 3.21. The van der Waals surface area contributed by atoms with Crippen LogP contribution in [-0.4, -0.2) is 67.4 Å². The first-order chi connectivity index (χ1) is 17.9. The van der Waals surface area contributed by atoms with Gasteiger partial charge < -0.3 is 34.9 Å². The van der Waals surface area contributed by atoms with E-state index in [1.165, 1.54) is 6.07 Å². The van der Waals surface area contributed by atoms with Crippen molar-refractivity contribution in [2.75, 3.05) is 63.9 Å². The highest BCUT2D eigenvalue weighted by Gasteiger charge is 2.23. The van der Waals surface area contributed by atoms with Crippen LogP contribution in [0.5, 0.6) is 5.75 Å². The number of benzene rings is 2. The number of hydrogen-bond donors (Lipinski definition) is 2. The van der Waals surface area contributed by atoms with Gasteiger partial charge in [0, 0.05) is 55.4 Å². The van der Waals surface area contributed by atoms with Crippen LogP contribution in [0.1, 0.15) is 5.69 Å². The molecule has 5 rings (SSSR count). The molecule has 3 N–H and O–H groups in total. The molecule has 0 radical (unpaired) electrons. The van der Waals surface area contributed by atoms with Crippen LogP contribution in [0.4, 0.5) is 27.4 Å². The summed E-state index contributed by atoms with van der Waals surface area (Å²) in [7, 11) is 7.69.